The summed E-state index contributed by atoms with van der Waals surface area (Å²) in [6.07, 6.45) is 5.46. The van der Waals surface area contributed by atoms with E-state index in [9.17, 15) is 5.26 Å². The predicted molar refractivity (Wildman–Crippen MR) is 92.3 cm³/mol. The van der Waals surface area contributed by atoms with Crippen molar-refractivity contribution in [2.75, 3.05) is 19.0 Å². The highest BCUT2D eigenvalue weighted by molar-refractivity contribution is 6.29. The lowest BCUT2D eigenvalue weighted by atomic mass is 9.93. The van der Waals surface area contributed by atoms with E-state index in [0.29, 0.717) is 17.3 Å². The van der Waals surface area contributed by atoms with Gasteiger partial charge in [0.1, 0.15) is 10.9 Å². The molecule has 0 saturated heterocycles. The van der Waals surface area contributed by atoms with E-state index in [2.05, 4.69) is 16.4 Å². The van der Waals surface area contributed by atoms with Crippen LogP contribution in [0.1, 0.15) is 11.1 Å². The molecule has 114 valence electrons. The van der Waals surface area contributed by atoms with Gasteiger partial charge in [0, 0.05) is 24.0 Å². The molecule has 1 aliphatic heterocycles. The van der Waals surface area contributed by atoms with E-state index in [1.807, 2.05) is 36.4 Å². The first-order valence-electron chi connectivity index (χ1n) is 7.07. The summed E-state index contributed by atoms with van der Waals surface area (Å²) in [6, 6.07) is 11.6. The SMILES string of the molecule is COc1ccc2c(c1)C(/C(C#N)=C/c1ccc(Cl)nc1)=CCN2. The number of methoxy groups -OCH3 is 1. The smallest absolute Gasteiger partial charge is 0.129 e. The minimum absolute atomic E-state index is 0.428. The topological polar surface area (TPSA) is 57.9 Å². The molecule has 2 heterocycles. The van der Waals surface area contributed by atoms with Crippen LogP contribution in [0, 0.1) is 11.3 Å². The summed E-state index contributed by atoms with van der Waals surface area (Å²) in [6.45, 7) is 0.673. The molecule has 0 bridgehead atoms. The monoisotopic (exact) mass is 323 g/mol. The van der Waals surface area contributed by atoms with Gasteiger partial charge in [0.25, 0.3) is 0 Å². The molecule has 0 radical (unpaired) electrons. The fourth-order valence-electron chi connectivity index (χ4n) is 2.46. The molecule has 23 heavy (non-hydrogen) atoms. The van der Waals surface area contributed by atoms with Gasteiger partial charge in [-0.3, -0.25) is 0 Å². The minimum Gasteiger partial charge on any atom is -0.497 e. The van der Waals surface area contributed by atoms with Crippen LogP contribution in [0.15, 0.2) is 48.2 Å². The van der Waals surface area contributed by atoms with E-state index < -0.39 is 0 Å². The molecule has 1 N–H and O–H groups in total. The van der Waals surface area contributed by atoms with Crippen LogP contribution in [0.3, 0.4) is 0 Å². The van der Waals surface area contributed by atoms with Crippen LogP contribution in [0.2, 0.25) is 5.15 Å². The van der Waals surface area contributed by atoms with Crippen LogP contribution in [-0.4, -0.2) is 18.6 Å². The zero-order chi connectivity index (χ0) is 16.2. The molecular weight excluding hydrogens is 310 g/mol. The third-order valence-corrected chi connectivity index (χ3v) is 3.81. The third-order valence-electron chi connectivity index (χ3n) is 3.59. The lowest BCUT2D eigenvalue weighted by molar-refractivity contribution is 0.414. The molecule has 3 rings (SSSR count). The maximum Gasteiger partial charge on any atom is 0.129 e. The second-order valence-electron chi connectivity index (χ2n) is 4.99. The van der Waals surface area contributed by atoms with Gasteiger partial charge in [-0.25, -0.2) is 4.98 Å². The quantitative estimate of drug-likeness (QED) is 0.680. The van der Waals surface area contributed by atoms with Gasteiger partial charge >= 0.3 is 0 Å². The number of anilines is 1. The minimum atomic E-state index is 0.428. The fourth-order valence-corrected chi connectivity index (χ4v) is 2.58. The Bertz CT molecular complexity index is 832. The number of hydrogen-bond acceptors (Lipinski definition) is 4. The summed E-state index contributed by atoms with van der Waals surface area (Å²) in [7, 11) is 1.63. The number of benzene rings is 1. The zero-order valence-electron chi connectivity index (χ0n) is 12.5. The lowest BCUT2D eigenvalue weighted by Gasteiger charge is -2.20. The van der Waals surface area contributed by atoms with E-state index in [-0.39, 0.29) is 0 Å². The average molecular weight is 324 g/mol. The summed E-state index contributed by atoms with van der Waals surface area (Å²) in [4.78, 5) is 4.04. The molecule has 4 nitrogen and oxygen atoms in total. The molecule has 5 heteroatoms. The summed E-state index contributed by atoms with van der Waals surface area (Å²) >= 11 is 5.80. The molecule has 0 amide bonds. The number of aromatic nitrogens is 1. The molecule has 0 aliphatic carbocycles. The molecule has 0 saturated carbocycles. The summed E-state index contributed by atoms with van der Waals surface area (Å²) in [5, 5.41) is 13.3. The number of nitriles is 1. The first kappa shape index (κ1) is 15.1. The Balaban J connectivity index is 2.04. The Morgan fingerprint density at radius 1 is 1.39 bits per heavy atom. The molecule has 1 aromatic heterocycles. The number of halogens is 1. The maximum atomic E-state index is 9.59. The number of nitrogens with zero attached hydrogens (tertiary/aromatic N) is 2. The molecule has 1 aromatic carbocycles. The van der Waals surface area contributed by atoms with Crippen molar-refractivity contribution in [3.63, 3.8) is 0 Å². The van der Waals surface area contributed by atoms with E-state index in [4.69, 9.17) is 16.3 Å². The Morgan fingerprint density at radius 2 is 2.26 bits per heavy atom. The largest absolute Gasteiger partial charge is 0.497 e. The van der Waals surface area contributed by atoms with E-state index >= 15 is 0 Å². The highest BCUT2D eigenvalue weighted by atomic mass is 35.5. The first-order valence-corrected chi connectivity index (χ1v) is 7.45. The second kappa shape index (κ2) is 6.55. The Labute approximate surface area is 139 Å². The number of ether oxygens (including phenoxy) is 1. The standard InChI is InChI=1S/C18H14ClN3O/c1-23-14-3-4-17-16(9-14)15(6-7-21-17)13(10-20)8-12-2-5-18(19)22-11-12/h2-6,8-9,11,21H,7H2,1H3/b13-8+. The summed E-state index contributed by atoms with van der Waals surface area (Å²) in [5.41, 5.74) is 4.22. The summed E-state index contributed by atoms with van der Waals surface area (Å²) < 4.78 is 5.29. The number of rotatable bonds is 3. The number of nitrogens with one attached hydrogen (secondary N) is 1. The number of allylic oxidation sites excluding steroid dienone is 2. The molecule has 0 spiro atoms. The highest BCUT2D eigenvalue weighted by Crippen LogP contribution is 2.35. The van der Waals surface area contributed by atoms with Crippen molar-refractivity contribution >= 4 is 28.9 Å². The van der Waals surface area contributed by atoms with E-state index in [1.165, 1.54) is 0 Å². The number of hydrogen-bond donors (Lipinski definition) is 1. The zero-order valence-corrected chi connectivity index (χ0v) is 13.3. The van der Waals surface area contributed by atoms with Crippen LogP contribution in [-0.2, 0) is 0 Å². The van der Waals surface area contributed by atoms with Gasteiger partial charge in [-0.1, -0.05) is 23.7 Å². The molecular formula is C18H14ClN3O. The molecule has 0 unspecified atom stereocenters. The van der Waals surface area contributed by atoms with Gasteiger partial charge in [-0.2, -0.15) is 5.26 Å². The molecule has 0 fully saturated rings. The fraction of sp³-hybridized carbons (Fsp3) is 0.111. The van der Waals surface area contributed by atoms with Crippen LogP contribution >= 0.6 is 11.6 Å². The maximum absolute atomic E-state index is 9.59. The summed E-state index contributed by atoms with van der Waals surface area (Å²) in [5.74, 6) is 0.754. The van der Waals surface area contributed by atoms with Gasteiger partial charge < -0.3 is 10.1 Å². The normalized spacial score (nSPS) is 13.4. The van der Waals surface area contributed by atoms with Crippen molar-refractivity contribution in [2.24, 2.45) is 0 Å². The number of fused-ring (bicyclic) bond motifs is 1. The van der Waals surface area contributed by atoms with Crippen molar-refractivity contribution in [1.29, 1.82) is 5.26 Å². The van der Waals surface area contributed by atoms with Crippen molar-refractivity contribution in [2.45, 2.75) is 0 Å². The van der Waals surface area contributed by atoms with Crippen LogP contribution in [0.5, 0.6) is 5.75 Å². The van der Waals surface area contributed by atoms with E-state index in [0.717, 1.165) is 28.1 Å². The molecule has 2 aromatic rings. The molecule has 0 atom stereocenters. The van der Waals surface area contributed by atoms with E-state index in [1.54, 1.807) is 19.4 Å². The van der Waals surface area contributed by atoms with Crippen molar-refractivity contribution in [3.8, 4) is 11.8 Å². The van der Waals surface area contributed by atoms with Crippen molar-refractivity contribution in [1.82, 2.24) is 4.98 Å². The van der Waals surface area contributed by atoms with Crippen LogP contribution in [0.4, 0.5) is 5.69 Å². The van der Waals surface area contributed by atoms with Crippen LogP contribution < -0.4 is 10.1 Å². The van der Waals surface area contributed by atoms with Gasteiger partial charge in [0.15, 0.2) is 0 Å². The number of pyridine rings is 1. The van der Waals surface area contributed by atoms with Gasteiger partial charge in [-0.15, -0.1) is 0 Å². The Kier molecular flexibility index (Phi) is 4.31. The van der Waals surface area contributed by atoms with Crippen molar-refractivity contribution in [3.05, 3.63) is 64.5 Å². The molecule has 1 aliphatic rings. The van der Waals surface area contributed by atoms with Gasteiger partial charge in [0.2, 0.25) is 0 Å². The average Bonchev–Trinajstić information content (AvgIpc) is 2.60. The van der Waals surface area contributed by atoms with Crippen molar-refractivity contribution < 1.29 is 4.74 Å². The predicted octanol–water partition coefficient (Wildman–Crippen LogP) is 4.16. The van der Waals surface area contributed by atoms with Crippen LogP contribution in [0.25, 0.3) is 11.6 Å². The Hall–Kier alpha value is -2.77. The van der Waals surface area contributed by atoms with Gasteiger partial charge in [-0.05, 0) is 41.5 Å². The first-order chi connectivity index (χ1) is 11.2. The Morgan fingerprint density at radius 3 is 2.96 bits per heavy atom. The third kappa shape index (κ3) is 3.20. The highest BCUT2D eigenvalue weighted by Gasteiger charge is 2.16. The van der Waals surface area contributed by atoms with Gasteiger partial charge in [0.05, 0.1) is 18.8 Å². The lowest BCUT2D eigenvalue weighted by Crippen LogP contribution is -2.09. The second-order valence-corrected chi connectivity index (χ2v) is 5.38.